The molecule has 0 unspecified atom stereocenters. The molecule has 2 aromatic rings. The Morgan fingerprint density at radius 3 is 2.60 bits per heavy atom. The zero-order valence-corrected chi connectivity index (χ0v) is 12.5. The second kappa shape index (κ2) is 6.78. The zero-order chi connectivity index (χ0) is 14.5. The molecule has 0 heterocycles. The first-order chi connectivity index (χ1) is 9.58. The lowest BCUT2D eigenvalue weighted by Crippen LogP contribution is -2.07. The summed E-state index contributed by atoms with van der Waals surface area (Å²) < 4.78 is 5.14. The first-order valence-electron chi connectivity index (χ1n) is 6.17. The fourth-order valence-corrected chi connectivity index (χ4v) is 2.43. The second-order valence-corrected chi connectivity index (χ2v) is 5.32. The van der Waals surface area contributed by atoms with Gasteiger partial charge in [-0.25, -0.2) is 0 Å². The molecule has 0 aliphatic carbocycles. The molecule has 0 spiro atoms. The Morgan fingerprint density at radius 1 is 1.10 bits per heavy atom. The van der Waals surface area contributed by atoms with E-state index in [-0.39, 0.29) is 5.78 Å². The van der Waals surface area contributed by atoms with Crippen LogP contribution in [0.4, 0.5) is 0 Å². The van der Waals surface area contributed by atoms with Crippen LogP contribution in [0.15, 0.2) is 42.5 Å². The van der Waals surface area contributed by atoms with E-state index in [1.54, 1.807) is 25.3 Å². The number of rotatable bonds is 5. The van der Waals surface area contributed by atoms with Crippen LogP contribution in [0.2, 0.25) is 10.0 Å². The van der Waals surface area contributed by atoms with Gasteiger partial charge in [0.2, 0.25) is 0 Å². The van der Waals surface area contributed by atoms with Gasteiger partial charge in [-0.05, 0) is 35.4 Å². The molecule has 0 saturated heterocycles. The van der Waals surface area contributed by atoms with Gasteiger partial charge >= 0.3 is 0 Å². The number of Topliss-reactive ketones (excluding diaryl/α,β-unsaturated/α-hetero) is 1. The summed E-state index contributed by atoms with van der Waals surface area (Å²) >= 11 is 11.9. The topological polar surface area (TPSA) is 26.3 Å². The van der Waals surface area contributed by atoms with Crippen LogP contribution in [-0.2, 0) is 17.6 Å². The van der Waals surface area contributed by atoms with Gasteiger partial charge in [0.25, 0.3) is 0 Å². The van der Waals surface area contributed by atoms with Crippen molar-refractivity contribution in [1.29, 1.82) is 0 Å². The van der Waals surface area contributed by atoms with E-state index in [4.69, 9.17) is 27.9 Å². The average molecular weight is 309 g/mol. The highest BCUT2D eigenvalue weighted by Crippen LogP contribution is 2.22. The molecule has 4 heteroatoms. The van der Waals surface area contributed by atoms with Gasteiger partial charge in [-0.2, -0.15) is 0 Å². The largest absolute Gasteiger partial charge is 0.497 e. The molecule has 0 aliphatic heterocycles. The molecule has 20 heavy (non-hydrogen) atoms. The number of halogens is 2. The van der Waals surface area contributed by atoms with Gasteiger partial charge in [-0.15, -0.1) is 0 Å². The number of ether oxygens (including phenoxy) is 1. The molecule has 104 valence electrons. The number of benzene rings is 2. The molecule has 0 atom stereocenters. The van der Waals surface area contributed by atoms with Crippen LogP contribution in [0.1, 0.15) is 11.1 Å². The fourth-order valence-electron chi connectivity index (χ4n) is 1.95. The van der Waals surface area contributed by atoms with Crippen LogP contribution in [0.3, 0.4) is 0 Å². The van der Waals surface area contributed by atoms with E-state index < -0.39 is 0 Å². The van der Waals surface area contributed by atoms with Gasteiger partial charge in [-0.1, -0.05) is 41.4 Å². The number of carbonyl (C=O) groups is 1. The molecule has 2 rings (SSSR count). The van der Waals surface area contributed by atoms with Gasteiger partial charge in [-0.3, -0.25) is 4.79 Å². The smallest absolute Gasteiger partial charge is 0.141 e. The van der Waals surface area contributed by atoms with Crippen molar-refractivity contribution in [2.75, 3.05) is 7.11 Å². The third-order valence-electron chi connectivity index (χ3n) is 2.94. The number of hydrogen-bond acceptors (Lipinski definition) is 2. The van der Waals surface area contributed by atoms with E-state index in [9.17, 15) is 4.79 Å². The van der Waals surface area contributed by atoms with Crippen molar-refractivity contribution in [3.05, 3.63) is 63.6 Å². The molecule has 0 aromatic heterocycles. The van der Waals surface area contributed by atoms with Crippen LogP contribution in [-0.4, -0.2) is 12.9 Å². The SMILES string of the molecule is COc1cccc(CC(=O)Cc2ccc(Cl)cc2Cl)c1. The van der Waals surface area contributed by atoms with Crippen molar-refractivity contribution in [3.8, 4) is 5.75 Å². The fraction of sp³-hybridized carbons (Fsp3) is 0.188. The highest BCUT2D eigenvalue weighted by atomic mass is 35.5. The summed E-state index contributed by atoms with van der Waals surface area (Å²) in [4.78, 5) is 12.1. The van der Waals surface area contributed by atoms with E-state index in [1.807, 2.05) is 24.3 Å². The van der Waals surface area contributed by atoms with E-state index in [0.717, 1.165) is 16.9 Å². The predicted molar refractivity (Wildman–Crippen MR) is 81.9 cm³/mol. The highest BCUT2D eigenvalue weighted by molar-refractivity contribution is 6.35. The van der Waals surface area contributed by atoms with E-state index in [0.29, 0.717) is 22.9 Å². The van der Waals surface area contributed by atoms with Crippen molar-refractivity contribution < 1.29 is 9.53 Å². The molecule has 0 bridgehead atoms. The summed E-state index contributed by atoms with van der Waals surface area (Å²) in [6.45, 7) is 0. The van der Waals surface area contributed by atoms with Crippen LogP contribution in [0.25, 0.3) is 0 Å². The van der Waals surface area contributed by atoms with Crippen molar-refractivity contribution >= 4 is 29.0 Å². The zero-order valence-electron chi connectivity index (χ0n) is 11.0. The highest BCUT2D eigenvalue weighted by Gasteiger charge is 2.09. The maximum Gasteiger partial charge on any atom is 0.141 e. The molecule has 0 N–H and O–H groups in total. The molecule has 0 aliphatic rings. The first kappa shape index (κ1) is 14.9. The average Bonchev–Trinajstić information content (AvgIpc) is 2.42. The maximum absolute atomic E-state index is 12.1. The quantitative estimate of drug-likeness (QED) is 0.820. The van der Waals surface area contributed by atoms with E-state index >= 15 is 0 Å². The molecule has 0 saturated carbocycles. The van der Waals surface area contributed by atoms with Crippen LogP contribution >= 0.6 is 23.2 Å². The minimum atomic E-state index is 0.0995. The van der Waals surface area contributed by atoms with E-state index in [1.165, 1.54) is 0 Å². The predicted octanol–water partition coefficient (Wildman–Crippen LogP) is 4.36. The number of methoxy groups -OCH3 is 1. The summed E-state index contributed by atoms with van der Waals surface area (Å²) in [6, 6.07) is 12.7. The Kier molecular flexibility index (Phi) is 5.05. The third kappa shape index (κ3) is 3.99. The molecule has 2 nitrogen and oxygen atoms in total. The lowest BCUT2D eigenvalue weighted by Gasteiger charge is -2.06. The molecular formula is C16H14Cl2O2. The van der Waals surface area contributed by atoms with Crippen LogP contribution < -0.4 is 4.74 Å². The summed E-state index contributed by atoms with van der Waals surface area (Å²) in [6.07, 6.45) is 0.656. The maximum atomic E-state index is 12.1. The van der Waals surface area contributed by atoms with Crippen molar-refractivity contribution in [2.24, 2.45) is 0 Å². The second-order valence-electron chi connectivity index (χ2n) is 4.48. The Balaban J connectivity index is 2.05. The van der Waals surface area contributed by atoms with Gasteiger partial charge in [0.15, 0.2) is 0 Å². The summed E-state index contributed by atoms with van der Waals surface area (Å²) in [5, 5.41) is 1.09. The normalized spacial score (nSPS) is 10.3. The Morgan fingerprint density at radius 2 is 1.90 bits per heavy atom. The summed E-state index contributed by atoms with van der Waals surface area (Å²) in [5.74, 6) is 0.849. The first-order valence-corrected chi connectivity index (χ1v) is 6.92. The van der Waals surface area contributed by atoms with Gasteiger partial charge in [0.1, 0.15) is 11.5 Å². The van der Waals surface area contributed by atoms with Crippen LogP contribution in [0.5, 0.6) is 5.75 Å². The van der Waals surface area contributed by atoms with Gasteiger partial charge in [0.05, 0.1) is 7.11 Å². The molecule has 0 amide bonds. The summed E-state index contributed by atoms with van der Waals surface area (Å²) in [7, 11) is 1.61. The standard InChI is InChI=1S/C16H14Cl2O2/c1-20-15-4-2-3-11(8-15)7-14(19)9-12-5-6-13(17)10-16(12)18/h2-6,8,10H,7,9H2,1H3. The Hall–Kier alpha value is -1.51. The van der Waals surface area contributed by atoms with E-state index in [2.05, 4.69) is 0 Å². The number of hydrogen-bond donors (Lipinski definition) is 0. The minimum Gasteiger partial charge on any atom is -0.497 e. The Labute approximate surface area is 128 Å². The lowest BCUT2D eigenvalue weighted by molar-refractivity contribution is -0.117. The molecule has 0 fully saturated rings. The van der Waals surface area contributed by atoms with Gasteiger partial charge in [0, 0.05) is 22.9 Å². The van der Waals surface area contributed by atoms with Gasteiger partial charge < -0.3 is 4.74 Å². The molecule has 2 aromatic carbocycles. The number of ketones is 1. The van der Waals surface area contributed by atoms with Crippen molar-refractivity contribution in [2.45, 2.75) is 12.8 Å². The molecular weight excluding hydrogens is 295 g/mol. The number of carbonyl (C=O) groups excluding carboxylic acids is 1. The van der Waals surface area contributed by atoms with Crippen molar-refractivity contribution in [1.82, 2.24) is 0 Å². The van der Waals surface area contributed by atoms with Crippen molar-refractivity contribution in [3.63, 3.8) is 0 Å². The monoisotopic (exact) mass is 308 g/mol. The molecule has 0 radical (unpaired) electrons. The summed E-state index contributed by atoms with van der Waals surface area (Å²) in [5.41, 5.74) is 1.73. The van der Waals surface area contributed by atoms with Crippen LogP contribution in [0, 0.1) is 0 Å². The third-order valence-corrected chi connectivity index (χ3v) is 3.53. The Bertz CT molecular complexity index is 624. The lowest BCUT2D eigenvalue weighted by atomic mass is 10.0. The minimum absolute atomic E-state index is 0.0995.